The van der Waals surface area contributed by atoms with E-state index in [-0.39, 0.29) is 0 Å². The molecule has 94 valence electrons. The second kappa shape index (κ2) is 5.36. The Balaban J connectivity index is 1.66. The fourth-order valence-corrected chi connectivity index (χ4v) is 2.43. The molecule has 1 aliphatic heterocycles. The van der Waals surface area contributed by atoms with Crippen molar-refractivity contribution in [3.05, 3.63) is 36.7 Å². The molecule has 1 atom stereocenters. The van der Waals surface area contributed by atoms with Crippen LogP contribution in [0, 0.1) is 5.92 Å². The topological polar surface area (TPSA) is 34.1 Å². The first-order valence-electron chi connectivity index (χ1n) is 6.59. The van der Waals surface area contributed by atoms with Crippen LogP contribution in [0.25, 0.3) is 10.8 Å². The Hall–Kier alpha value is -1.61. The maximum Gasteiger partial charge on any atom is 0.119 e. The molecule has 3 heteroatoms. The SMILES string of the molecule is c1cc2cc(OC[C@H]3CCCNC3)ccc2cn1. The zero-order chi connectivity index (χ0) is 12.2. The van der Waals surface area contributed by atoms with Crippen molar-refractivity contribution in [2.75, 3.05) is 19.7 Å². The molecule has 2 heterocycles. The lowest BCUT2D eigenvalue weighted by molar-refractivity contribution is 0.218. The molecule has 0 spiro atoms. The van der Waals surface area contributed by atoms with Crippen LogP contribution in [0.4, 0.5) is 0 Å². The predicted molar refractivity (Wildman–Crippen MR) is 72.8 cm³/mol. The lowest BCUT2D eigenvalue weighted by atomic mass is 10.0. The van der Waals surface area contributed by atoms with Crippen LogP contribution >= 0.6 is 0 Å². The number of hydrogen-bond donors (Lipinski definition) is 1. The van der Waals surface area contributed by atoms with Crippen LogP contribution in [0.2, 0.25) is 0 Å². The molecule has 0 bridgehead atoms. The molecular formula is C15H18N2O. The number of aromatic nitrogens is 1. The van der Waals surface area contributed by atoms with Gasteiger partial charge in [0.1, 0.15) is 5.75 Å². The molecule has 2 aromatic rings. The average molecular weight is 242 g/mol. The highest BCUT2D eigenvalue weighted by Gasteiger charge is 2.13. The fraction of sp³-hybridized carbons (Fsp3) is 0.400. The number of ether oxygens (including phenoxy) is 1. The van der Waals surface area contributed by atoms with Crippen molar-refractivity contribution in [1.82, 2.24) is 10.3 Å². The van der Waals surface area contributed by atoms with Gasteiger partial charge in [0.05, 0.1) is 6.61 Å². The molecule has 1 saturated heterocycles. The van der Waals surface area contributed by atoms with Gasteiger partial charge in [-0.05, 0) is 49.0 Å². The zero-order valence-corrected chi connectivity index (χ0v) is 10.4. The van der Waals surface area contributed by atoms with Gasteiger partial charge in [-0.3, -0.25) is 4.98 Å². The van der Waals surface area contributed by atoms with E-state index >= 15 is 0 Å². The fourth-order valence-electron chi connectivity index (χ4n) is 2.43. The normalized spacial score (nSPS) is 19.9. The van der Waals surface area contributed by atoms with Crippen LogP contribution in [0.3, 0.4) is 0 Å². The smallest absolute Gasteiger partial charge is 0.119 e. The van der Waals surface area contributed by atoms with Gasteiger partial charge in [-0.25, -0.2) is 0 Å². The first-order valence-corrected chi connectivity index (χ1v) is 6.59. The maximum atomic E-state index is 5.89. The lowest BCUT2D eigenvalue weighted by Crippen LogP contribution is -2.33. The molecule has 0 aliphatic carbocycles. The third kappa shape index (κ3) is 2.62. The minimum atomic E-state index is 0.645. The van der Waals surface area contributed by atoms with Crippen molar-refractivity contribution in [2.24, 2.45) is 5.92 Å². The Kier molecular flexibility index (Phi) is 3.42. The Morgan fingerprint density at radius 1 is 1.28 bits per heavy atom. The van der Waals surface area contributed by atoms with Gasteiger partial charge in [-0.1, -0.05) is 0 Å². The van der Waals surface area contributed by atoms with Crippen molar-refractivity contribution >= 4 is 10.8 Å². The van der Waals surface area contributed by atoms with Crippen molar-refractivity contribution < 1.29 is 4.74 Å². The van der Waals surface area contributed by atoms with E-state index in [4.69, 9.17) is 4.74 Å². The second-order valence-electron chi connectivity index (χ2n) is 4.91. The van der Waals surface area contributed by atoms with Crippen molar-refractivity contribution in [2.45, 2.75) is 12.8 Å². The number of nitrogens with zero attached hydrogens (tertiary/aromatic N) is 1. The zero-order valence-electron chi connectivity index (χ0n) is 10.4. The first-order chi connectivity index (χ1) is 8.92. The van der Waals surface area contributed by atoms with Crippen LogP contribution in [-0.2, 0) is 0 Å². The Labute approximate surface area is 107 Å². The van der Waals surface area contributed by atoms with E-state index < -0.39 is 0 Å². The molecule has 3 rings (SSSR count). The van der Waals surface area contributed by atoms with Gasteiger partial charge in [0.2, 0.25) is 0 Å². The number of pyridine rings is 1. The van der Waals surface area contributed by atoms with E-state index in [1.165, 1.54) is 18.2 Å². The molecule has 1 aromatic carbocycles. The van der Waals surface area contributed by atoms with Crippen molar-refractivity contribution in [1.29, 1.82) is 0 Å². The van der Waals surface area contributed by atoms with Crippen molar-refractivity contribution in [3.8, 4) is 5.75 Å². The second-order valence-corrected chi connectivity index (χ2v) is 4.91. The average Bonchev–Trinajstić information content (AvgIpc) is 2.46. The van der Waals surface area contributed by atoms with Gasteiger partial charge in [0.15, 0.2) is 0 Å². The van der Waals surface area contributed by atoms with E-state index in [0.717, 1.165) is 30.8 Å². The molecule has 1 aromatic heterocycles. The van der Waals surface area contributed by atoms with E-state index in [2.05, 4.69) is 22.4 Å². The molecule has 0 unspecified atom stereocenters. The summed E-state index contributed by atoms with van der Waals surface area (Å²) in [7, 11) is 0. The summed E-state index contributed by atoms with van der Waals surface area (Å²) in [6, 6.07) is 8.20. The third-order valence-corrected chi connectivity index (χ3v) is 3.50. The van der Waals surface area contributed by atoms with E-state index in [1.807, 2.05) is 24.5 Å². The predicted octanol–water partition coefficient (Wildman–Crippen LogP) is 2.61. The third-order valence-electron chi connectivity index (χ3n) is 3.50. The highest BCUT2D eigenvalue weighted by atomic mass is 16.5. The Morgan fingerprint density at radius 2 is 2.28 bits per heavy atom. The van der Waals surface area contributed by atoms with Crippen LogP contribution in [0.5, 0.6) is 5.75 Å². The molecule has 0 saturated carbocycles. The highest BCUT2D eigenvalue weighted by molar-refractivity contribution is 5.82. The molecule has 0 amide bonds. The molecule has 1 N–H and O–H groups in total. The standard InChI is InChI=1S/C15H18N2O/c1-2-12(9-16-6-1)11-18-15-4-3-14-10-17-7-5-13(14)8-15/h3-5,7-8,10,12,16H,1-2,6,9,11H2/t12-/m0/s1. The molecule has 18 heavy (non-hydrogen) atoms. The summed E-state index contributed by atoms with van der Waals surface area (Å²) in [5.41, 5.74) is 0. The number of nitrogens with one attached hydrogen (secondary N) is 1. The summed E-state index contributed by atoms with van der Waals surface area (Å²) in [4.78, 5) is 4.11. The number of benzene rings is 1. The van der Waals surface area contributed by atoms with Gasteiger partial charge < -0.3 is 10.1 Å². The van der Waals surface area contributed by atoms with Crippen LogP contribution in [-0.4, -0.2) is 24.7 Å². The summed E-state index contributed by atoms with van der Waals surface area (Å²) in [5, 5.41) is 5.75. The van der Waals surface area contributed by atoms with E-state index in [0.29, 0.717) is 5.92 Å². The summed E-state index contributed by atoms with van der Waals surface area (Å²) in [6.07, 6.45) is 6.23. The summed E-state index contributed by atoms with van der Waals surface area (Å²) in [6.45, 7) is 3.04. The van der Waals surface area contributed by atoms with Gasteiger partial charge in [0, 0.05) is 30.2 Å². The van der Waals surface area contributed by atoms with Gasteiger partial charge in [-0.15, -0.1) is 0 Å². The summed E-state index contributed by atoms with van der Waals surface area (Å²) < 4.78 is 5.89. The van der Waals surface area contributed by atoms with Crippen molar-refractivity contribution in [3.63, 3.8) is 0 Å². The first kappa shape index (κ1) is 11.5. The molecular weight excluding hydrogens is 224 g/mol. The number of rotatable bonds is 3. The van der Waals surface area contributed by atoms with E-state index in [1.54, 1.807) is 0 Å². The van der Waals surface area contributed by atoms with E-state index in [9.17, 15) is 0 Å². The molecule has 0 radical (unpaired) electrons. The quantitative estimate of drug-likeness (QED) is 0.898. The minimum Gasteiger partial charge on any atom is -0.493 e. The maximum absolute atomic E-state index is 5.89. The van der Waals surface area contributed by atoms with Crippen LogP contribution in [0.15, 0.2) is 36.7 Å². The van der Waals surface area contributed by atoms with Gasteiger partial charge in [0.25, 0.3) is 0 Å². The highest BCUT2D eigenvalue weighted by Crippen LogP contribution is 2.21. The number of hydrogen-bond acceptors (Lipinski definition) is 3. The largest absolute Gasteiger partial charge is 0.493 e. The Bertz CT molecular complexity index is 521. The summed E-state index contributed by atoms with van der Waals surface area (Å²) >= 11 is 0. The van der Waals surface area contributed by atoms with Gasteiger partial charge >= 0.3 is 0 Å². The number of piperidine rings is 1. The number of fused-ring (bicyclic) bond motifs is 1. The molecule has 1 aliphatic rings. The summed E-state index contributed by atoms with van der Waals surface area (Å²) in [5.74, 6) is 1.60. The Morgan fingerprint density at radius 3 is 3.17 bits per heavy atom. The van der Waals surface area contributed by atoms with Crippen LogP contribution < -0.4 is 10.1 Å². The molecule has 3 nitrogen and oxygen atoms in total. The van der Waals surface area contributed by atoms with Gasteiger partial charge in [-0.2, -0.15) is 0 Å². The van der Waals surface area contributed by atoms with Crippen LogP contribution in [0.1, 0.15) is 12.8 Å². The monoisotopic (exact) mass is 242 g/mol. The minimum absolute atomic E-state index is 0.645. The molecule has 1 fully saturated rings. The lowest BCUT2D eigenvalue weighted by Gasteiger charge is -2.22.